The second-order valence-electron chi connectivity index (χ2n) is 12.7. The zero-order valence-corrected chi connectivity index (χ0v) is 27.8. The van der Waals surface area contributed by atoms with Gasteiger partial charge in [0, 0.05) is 51.1 Å². The molecule has 11 aromatic rings. The Labute approximate surface area is 300 Å². The number of rotatable bonds is 6. The maximum Gasteiger partial charge on any atom is 0.257 e. The van der Waals surface area contributed by atoms with Crippen molar-refractivity contribution >= 4 is 101 Å². The number of benzene rings is 6. The molecule has 0 aliphatic carbocycles. The molecular weight excluding hydrogens is 663 g/mol. The minimum Gasteiger partial charge on any atom is -0.456 e. The molecule has 5 heterocycles. The number of para-hydroxylation sites is 4. The average molecular weight is 688 g/mol. The van der Waals surface area contributed by atoms with Gasteiger partial charge in [-0.2, -0.15) is 4.98 Å². The van der Waals surface area contributed by atoms with Gasteiger partial charge < -0.3 is 13.3 Å². The van der Waals surface area contributed by atoms with E-state index in [2.05, 4.69) is 50.7 Å². The van der Waals surface area contributed by atoms with E-state index in [9.17, 15) is 0 Å². The monoisotopic (exact) mass is 687 g/mol. The molecule has 0 spiro atoms. The fourth-order valence-corrected chi connectivity index (χ4v) is 7.09. The minimum absolute atomic E-state index is 0.289. The first-order valence-electron chi connectivity index (χ1n) is 17.1. The zero-order chi connectivity index (χ0) is 34.9. The van der Waals surface area contributed by atoms with Crippen molar-refractivity contribution in [1.82, 2.24) is 25.4 Å². The molecule has 10 heteroatoms. The van der Waals surface area contributed by atoms with Crippen molar-refractivity contribution in [3.8, 4) is 0 Å². The molecule has 0 unspecified atom stereocenters. The van der Waals surface area contributed by atoms with Gasteiger partial charge in [0.05, 0.1) is 11.4 Å². The number of aromatic nitrogens is 5. The Balaban J connectivity index is 1.03. The molecule has 0 N–H and O–H groups in total. The lowest BCUT2D eigenvalue weighted by molar-refractivity contribution is 0.649. The van der Waals surface area contributed by atoms with Crippen LogP contribution in [0.1, 0.15) is 0 Å². The van der Waals surface area contributed by atoms with E-state index in [4.69, 9.17) is 18.2 Å². The molecule has 0 bridgehead atoms. The van der Waals surface area contributed by atoms with E-state index in [1.165, 1.54) is 0 Å². The Morgan fingerprint density at radius 1 is 0.358 bits per heavy atom. The van der Waals surface area contributed by atoms with Crippen LogP contribution >= 0.6 is 0 Å². The maximum atomic E-state index is 6.39. The van der Waals surface area contributed by atoms with Crippen LogP contribution in [0.15, 0.2) is 165 Å². The molecule has 0 aliphatic heterocycles. The first-order valence-corrected chi connectivity index (χ1v) is 17.1. The summed E-state index contributed by atoms with van der Waals surface area (Å²) in [6, 6.07) is 50.0. The highest BCUT2D eigenvalue weighted by Crippen LogP contribution is 2.40. The average Bonchev–Trinajstić information content (AvgIpc) is 3.89. The number of nitrogens with zero attached hydrogens (tertiary/aromatic N) is 7. The number of hydrogen-bond donors (Lipinski definition) is 0. The standard InChI is InChI=1S/C43H25N7O3/c1-3-11-26(12-4-1)49(28-19-21-32-30-15-7-9-17-34(30)51-36(32)23-28)39-25-38-40(46-45-39)41-42(53-38)44-43(48-47-41)50(27-13-5-2-6-14-27)29-20-22-33-31-16-8-10-18-35(31)52-37(33)24-29/h1-25H. The SMILES string of the molecule is c1ccc(N(c2ccc3c(c2)oc2ccccc23)c2cc3oc4nc(N(c5ccccc5)c5ccc6c(c5)oc5ccccc56)nnc4c3nn2)cc1. The van der Waals surface area contributed by atoms with Gasteiger partial charge in [0.25, 0.3) is 11.7 Å². The first kappa shape index (κ1) is 29.2. The van der Waals surface area contributed by atoms with Crippen LogP contribution in [0, 0.1) is 0 Å². The Bertz CT molecular complexity index is 2940. The molecule has 250 valence electrons. The van der Waals surface area contributed by atoms with E-state index in [-0.39, 0.29) is 5.71 Å². The van der Waals surface area contributed by atoms with Crippen LogP contribution in [0.5, 0.6) is 0 Å². The summed E-state index contributed by atoms with van der Waals surface area (Å²) < 4.78 is 18.9. The third kappa shape index (κ3) is 4.70. The molecular formula is C43H25N7O3. The summed E-state index contributed by atoms with van der Waals surface area (Å²) in [5, 5.41) is 22.6. The molecule has 0 saturated heterocycles. The van der Waals surface area contributed by atoms with Crippen molar-refractivity contribution in [2.24, 2.45) is 0 Å². The summed E-state index contributed by atoms with van der Waals surface area (Å²) in [6.07, 6.45) is 0. The summed E-state index contributed by atoms with van der Waals surface area (Å²) >= 11 is 0. The van der Waals surface area contributed by atoms with Gasteiger partial charge in [-0.3, -0.25) is 9.80 Å². The van der Waals surface area contributed by atoms with Crippen LogP contribution in [-0.2, 0) is 0 Å². The topological polar surface area (TPSA) is 110 Å². The van der Waals surface area contributed by atoms with Crippen molar-refractivity contribution < 1.29 is 13.3 Å². The first-order chi connectivity index (χ1) is 26.2. The molecule has 11 rings (SSSR count). The summed E-state index contributed by atoms with van der Waals surface area (Å²) in [5.74, 6) is 0.882. The molecule has 0 radical (unpaired) electrons. The fraction of sp³-hybridized carbons (Fsp3) is 0. The second kappa shape index (κ2) is 11.5. The lowest BCUT2D eigenvalue weighted by atomic mass is 10.1. The number of hydrogen-bond acceptors (Lipinski definition) is 10. The fourth-order valence-electron chi connectivity index (χ4n) is 7.09. The van der Waals surface area contributed by atoms with Gasteiger partial charge in [-0.1, -0.05) is 72.8 Å². The normalized spacial score (nSPS) is 11.8. The van der Waals surface area contributed by atoms with Crippen molar-refractivity contribution in [3.05, 3.63) is 152 Å². The van der Waals surface area contributed by atoms with E-state index in [1.807, 2.05) is 131 Å². The maximum absolute atomic E-state index is 6.39. The number of fused-ring (bicyclic) bond motifs is 9. The summed E-state index contributed by atoms with van der Waals surface area (Å²) in [4.78, 5) is 8.84. The highest BCUT2D eigenvalue weighted by atomic mass is 16.3. The largest absolute Gasteiger partial charge is 0.456 e. The molecule has 6 aromatic carbocycles. The van der Waals surface area contributed by atoms with Crippen molar-refractivity contribution in [1.29, 1.82) is 0 Å². The summed E-state index contributed by atoms with van der Waals surface area (Å²) in [7, 11) is 0. The van der Waals surface area contributed by atoms with Crippen LogP contribution in [0.25, 0.3) is 66.2 Å². The third-order valence-electron chi connectivity index (χ3n) is 9.52. The number of furan rings is 3. The molecule has 0 fully saturated rings. The van der Waals surface area contributed by atoms with Crippen LogP contribution in [0.3, 0.4) is 0 Å². The van der Waals surface area contributed by atoms with Gasteiger partial charge >= 0.3 is 0 Å². The Hall–Kier alpha value is -7.59. The van der Waals surface area contributed by atoms with E-state index in [0.717, 1.165) is 66.6 Å². The molecule has 5 aromatic heterocycles. The molecule has 53 heavy (non-hydrogen) atoms. The number of anilines is 6. The zero-order valence-electron chi connectivity index (χ0n) is 27.8. The lowest BCUT2D eigenvalue weighted by Gasteiger charge is -2.23. The van der Waals surface area contributed by atoms with Gasteiger partial charge in [-0.25, -0.2) is 0 Å². The van der Waals surface area contributed by atoms with Crippen molar-refractivity contribution in [3.63, 3.8) is 0 Å². The van der Waals surface area contributed by atoms with E-state index in [1.54, 1.807) is 0 Å². The predicted molar refractivity (Wildman–Crippen MR) is 207 cm³/mol. The van der Waals surface area contributed by atoms with E-state index < -0.39 is 0 Å². The third-order valence-corrected chi connectivity index (χ3v) is 9.52. The predicted octanol–water partition coefficient (Wildman–Crippen LogP) is 11.3. The Kier molecular flexibility index (Phi) is 6.31. The Morgan fingerprint density at radius 3 is 1.53 bits per heavy atom. The second-order valence-corrected chi connectivity index (χ2v) is 12.7. The van der Waals surface area contributed by atoms with Crippen LogP contribution in [-0.4, -0.2) is 25.4 Å². The van der Waals surface area contributed by atoms with E-state index in [0.29, 0.717) is 28.4 Å². The van der Waals surface area contributed by atoms with Gasteiger partial charge in [0.2, 0.25) is 0 Å². The van der Waals surface area contributed by atoms with Crippen LogP contribution in [0.4, 0.5) is 34.5 Å². The van der Waals surface area contributed by atoms with E-state index >= 15 is 0 Å². The van der Waals surface area contributed by atoms with Gasteiger partial charge in [0.1, 0.15) is 22.3 Å². The van der Waals surface area contributed by atoms with Crippen LogP contribution in [0.2, 0.25) is 0 Å². The van der Waals surface area contributed by atoms with Gasteiger partial charge in [0.15, 0.2) is 22.4 Å². The molecule has 0 saturated carbocycles. The van der Waals surface area contributed by atoms with Gasteiger partial charge in [-0.15, -0.1) is 20.4 Å². The molecule has 0 aliphatic rings. The lowest BCUT2D eigenvalue weighted by Crippen LogP contribution is -2.14. The highest BCUT2D eigenvalue weighted by molar-refractivity contribution is 6.07. The quantitative estimate of drug-likeness (QED) is 0.167. The smallest absolute Gasteiger partial charge is 0.257 e. The minimum atomic E-state index is 0.289. The molecule has 0 atom stereocenters. The summed E-state index contributed by atoms with van der Waals surface area (Å²) in [5.41, 5.74) is 8.25. The highest BCUT2D eigenvalue weighted by Gasteiger charge is 2.23. The molecule has 10 nitrogen and oxygen atoms in total. The van der Waals surface area contributed by atoms with Crippen molar-refractivity contribution in [2.45, 2.75) is 0 Å². The van der Waals surface area contributed by atoms with Gasteiger partial charge in [-0.05, 0) is 60.7 Å². The van der Waals surface area contributed by atoms with Crippen LogP contribution < -0.4 is 9.80 Å². The van der Waals surface area contributed by atoms with Crippen molar-refractivity contribution in [2.75, 3.05) is 9.80 Å². The Morgan fingerprint density at radius 2 is 0.887 bits per heavy atom. The molecule has 0 amide bonds. The summed E-state index contributed by atoms with van der Waals surface area (Å²) in [6.45, 7) is 0.